The topological polar surface area (TPSA) is 52.6 Å². The SMILES string of the molecule is CCc1cnc(CNC(=NC)NCCCCN(C)c2ccccc2)s1.I. The number of hydrogen-bond acceptors (Lipinski definition) is 4. The highest BCUT2D eigenvalue weighted by Gasteiger charge is 2.03. The third-order valence-electron chi connectivity index (χ3n) is 3.99. The lowest BCUT2D eigenvalue weighted by Crippen LogP contribution is -2.37. The minimum absolute atomic E-state index is 0. The molecule has 2 aromatic rings. The molecule has 0 saturated carbocycles. The number of unbranched alkanes of at least 4 members (excludes halogenated alkanes) is 1. The third kappa shape index (κ3) is 7.90. The first kappa shape index (κ1) is 22.7. The van der Waals surface area contributed by atoms with Crippen LogP contribution in [0.15, 0.2) is 41.5 Å². The molecule has 0 bridgehead atoms. The van der Waals surface area contributed by atoms with Crippen molar-refractivity contribution in [2.45, 2.75) is 32.7 Å². The Morgan fingerprint density at radius 1 is 1.19 bits per heavy atom. The maximum atomic E-state index is 4.42. The number of anilines is 1. The second-order valence-corrected chi connectivity index (χ2v) is 7.09. The largest absolute Gasteiger partial charge is 0.375 e. The van der Waals surface area contributed by atoms with Gasteiger partial charge in [0.25, 0.3) is 0 Å². The number of halogens is 1. The molecule has 1 heterocycles. The van der Waals surface area contributed by atoms with Crippen LogP contribution in [0.2, 0.25) is 0 Å². The Morgan fingerprint density at radius 2 is 1.96 bits per heavy atom. The number of guanidine groups is 1. The molecule has 7 heteroatoms. The van der Waals surface area contributed by atoms with E-state index in [1.165, 1.54) is 10.6 Å². The summed E-state index contributed by atoms with van der Waals surface area (Å²) in [6.07, 6.45) is 5.25. The van der Waals surface area contributed by atoms with Crippen molar-refractivity contribution in [3.63, 3.8) is 0 Å². The molecule has 0 aliphatic carbocycles. The highest BCUT2D eigenvalue weighted by Crippen LogP contribution is 2.13. The van der Waals surface area contributed by atoms with Gasteiger partial charge in [0.2, 0.25) is 0 Å². The van der Waals surface area contributed by atoms with Crippen LogP contribution in [0.1, 0.15) is 29.7 Å². The van der Waals surface area contributed by atoms with Crippen molar-refractivity contribution < 1.29 is 0 Å². The quantitative estimate of drug-likeness (QED) is 0.244. The number of thiazole rings is 1. The lowest BCUT2D eigenvalue weighted by atomic mass is 10.2. The summed E-state index contributed by atoms with van der Waals surface area (Å²) in [5, 5.41) is 7.80. The van der Waals surface area contributed by atoms with Gasteiger partial charge in [-0.3, -0.25) is 4.99 Å². The van der Waals surface area contributed by atoms with Crippen LogP contribution in [0.25, 0.3) is 0 Å². The van der Waals surface area contributed by atoms with Gasteiger partial charge in [0, 0.05) is 43.9 Å². The average Bonchev–Trinajstić information content (AvgIpc) is 3.12. The molecule has 0 fully saturated rings. The van der Waals surface area contributed by atoms with E-state index in [1.807, 2.05) is 6.20 Å². The number of rotatable bonds is 9. The van der Waals surface area contributed by atoms with E-state index < -0.39 is 0 Å². The number of aliphatic imine (C=N–C) groups is 1. The summed E-state index contributed by atoms with van der Waals surface area (Å²) in [4.78, 5) is 12.3. The molecule has 0 atom stereocenters. The van der Waals surface area contributed by atoms with Gasteiger partial charge in [-0.05, 0) is 31.4 Å². The molecule has 1 aromatic heterocycles. The number of hydrogen-bond donors (Lipinski definition) is 2. The molecular weight excluding hydrogens is 457 g/mol. The second kappa shape index (κ2) is 12.9. The smallest absolute Gasteiger partial charge is 0.191 e. The second-order valence-electron chi connectivity index (χ2n) is 5.89. The Labute approximate surface area is 178 Å². The minimum Gasteiger partial charge on any atom is -0.375 e. The predicted molar refractivity (Wildman–Crippen MR) is 124 cm³/mol. The van der Waals surface area contributed by atoms with Crippen LogP contribution in [-0.2, 0) is 13.0 Å². The van der Waals surface area contributed by atoms with E-state index in [2.05, 4.69) is 69.8 Å². The van der Waals surface area contributed by atoms with Crippen molar-refractivity contribution in [2.24, 2.45) is 4.99 Å². The van der Waals surface area contributed by atoms with Gasteiger partial charge in [-0.1, -0.05) is 25.1 Å². The first-order valence-corrected chi connectivity index (χ1v) is 9.69. The standard InChI is InChI=1S/C19H29N5S.HI/c1-4-17-14-22-18(25-17)15-23-19(20-2)21-12-8-9-13-24(3)16-10-6-5-7-11-16;/h5-7,10-11,14H,4,8-9,12-13,15H2,1-3H3,(H2,20,21,23);1H. The molecule has 1 aromatic carbocycles. The zero-order chi connectivity index (χ0) is 17.9. The molecule has 2 rings (SSSR count). The van der Waals surface area contributed by atoms with Crippen molar-refractivity contribution in [3.05, 3.63) is 46.4 Å². The van der Waals surface area contributed by atoms with Crippen molar-refractivity contribution in [3.8, 4) is 0 Å². The van der Waals surface area contributed by atoms with Gasteiger partial charge in [0.05, 0.1) is 6.54 Å². The first-order chi connectivity index (χ1) is 12.2. The number of para-hydroxylation sites is 1. The fourth-order valence-electron chi connectivity index (χ4n) is 2.47. The molecular formula is C19H30IN5S. The van der Waals surface area contributed by atoms with Gasteiger partial charge in [-0.25, -0.2) is 4.98 Å². The third-order valence-corrected chi connectivity index (χ3v) is 5.13. The average molecular weight is 487 g/mol. The van der Waals surface area contributed by atoms with Gasteiger partial charge in [-0.15, -0.1) is 35.3 Å². The van der Waals surface area contributed by atoms with Crippen molar-refractivity contribution in [1.82, 2.24) is 15.6 Å². The Morgan fingerprint density at radius 3 is 2.62 bits per heavy atom. The molecule has 0 unspecified atom stereocenters. The molecule has 0 spiro atoms. The Kier molecular flexibility index (Phi) is 11.3. The summed E-state index contributed by atoms with van der Waals surface area (Å²) in [5.74, 6) is 0.838. The van der Waals surface area contributed by atoms with Gasteiger partial charge in [-0.2, -0.15) is 0 Å². The van der Waals surface area contributed by atoms with E-state index in [1.54, 1.807) is 18.4 Å². The van der Waals surface area contributed by atoms with E-state index in [0.717, 1.165) is 49.9 Å². The van der Waals surface area contributed by atoms with Gasteiger partial charge in [0.1, 0.15) is 5.01 Å². The molecule has 0 aliphatic heterocycles. The summed E-state index contributed by atoms with van der Waals surface area (Å²) in [6.45, 7) is 4.85. The number of aromatic nitrogens is 1. The zero-order valence-corrected chi connectivity index (χ0v) is 19.0. The Bertz CT molecular complexity index is 644. The summed E-state index contributed by atoms with van der Waals surface area (Å²) >= 11 is 1.76. The van der Waals surface area contributed by atoms with Gasteiger partial charge in [0.15, 0.2) is 5.96 Å². The van der Waals surface area contributed by atoms with Crippen molar-refractivity contribution >= 4 is 47.0 Å². The van der Waals surface area contributed by atoms with Crippen LogP contribution < -0.4 is 15.5 Å². The number of nitrogens with one attached hydrogen (secondary N) is 2. The van der Waals surface area contributed by atoms with E-state index in [9.17, 15) is 0 Å². The Balaban J connectivity index is 0.00000338. The molecule has 144 valence electrons. The highest BCUT2D eigenvalue weighted by atomic mass is 127. The molecule has 0 saturated heterocycles. The fraction of sp³-hybridized carbons (Fsp3) is 0.474. The van der Waals surface area contributed by atoms with Crippen LogP contribution in [-0.4, -0.2) is 38.1 Å². The van der Waals surface area contributed by atoms with E-state index in [4.69, 9.17) is 0 Å². The highest BCUT2D eigenvalue weighted by molar-refractivity contribution is 14.0. The first-order valence-electron chi connectivity index (χ1n) is 8.87. The molecule has 5 nitrogen and oxygen atoms in total. The maximum Gasteiger partial charge on any atom is 0.191 e. The maximum absolute atomic E-state index is 4.42. The normalized spacial score (nSPS) is 11.0. The fourth-order valence-corrected chi connectivity index (χ4v) is 3.27. The molecule has 0 amide bonds. The van der Waals surface area contributed by atoms with Crippen LogP contribution in [0.4, 0.5) is 5.69 Å². The van der Waals surface area contributed by atoms with Gasteiger partial charge >= 0.3 is 0 Å². The minimum atomic E-state index is 0. The van der Waals surface area contributed by atoms with E-state index >= 15 is 0 Å². The number of aryl methyl sites for hydroxylation is 1. The molecule has 0 aliphatic rings. The summed E-state index contributed by atoms with van der Waals surface area (Å²) in [6, 6.07) is 10.5. The summed E-state index contributed by atoms with van der Waals surface area (Å²) in [7, 11) is 3.94. The monoisotopic (exact) mass is 487 g/mol. The van der Waals surface area contributed by atoms with Crippen LogP contribution >= 0.6 is 35.3 Å². The van der Waals surface area contributed by atoms with Gasteiger partial charge < -0.3 is 15.5 Å². The molecule has 26 heavy (non-hydrogen) atoms. The van der Waals surface area contributed by atoms with Crippen LogP contribution in [0.3, 0.4) is 0 Å². The lowest BCUT2D eigenvalue weighted by molar-refractivity contribution is 0.686. The van der Waals surface area contributed by atoms with Crippen molar-refractivity contribution in [1.29, 1.82) is 0 Å². The zero-order valence-electron chi connectivity index (χ0n) is 15.9. The van der Waals surface area contributed by atoms with Crippen molar-refractivity contribution in [2.75, 3.05) is 32.1 Å². The summed E-state index contributed by atoms with van der Waals surface area (Å²) < 4.78 is 0. The van der Waals surface area contributed by atoms with Crippen LogP contribution in [0.5, 0.6) is 0 Å². The predicted octanol–water partition coefficient (Wildman–Crippen LogP) is 3.91. The van der Waals surface area contributed by atoms with Crippen LogP contribution in [0, 0.1) is 0 Å². The Hall–Kier alpha value is -1.35. The number of nitrogens with zero attached hydrogens (tertiary/aromatic N) is 3. The molecule has 2 N–H and O–H groups in total. The summed E-state index contributed by atoms with van der Waals surface area (Å²) in [5.41, 5.74) is 1.27. The number of benzene rings is 1. The molecule has 0 radical (unpaired) electrons. The van der Waals surface area contributed by atoms with E-state index in [-0.39, 0.29) is 24.0 Å². The lowest BCUT2D eigenvalue weighted by Gasteiger charge is -2.19. The van der Waals surface area contributed by atoms with E-state index in [0.29, 0.717) is 0 Å².